The van der Waals surface area contributed by atoms with Gasteiger partial charge in [-0.05, 0) is 32.3 Å². The molecular weight excluding hydrogens is 250 g/mol. The van der Waals surface area contributed by atoms with Crippen molar-refractivity contribution in [3.05, 3.63) is 41.9 Å². The molecule has 2 heterocycles. The summed E-state index contributed by atoms with van der Waals surface area (Å²) in [5.74, 6) is 1.73. The van der Waals surface area contributed by atoms with Crippen LogP contribution in [0.1, 0.15) is 17.8 Å². The highest BCUT2D eigenvalue weighted by Crippen LogP contribution is 2.44. The van der Waals surface area contributed by atoms with Crippen LogP contribution in [-0.2, 0) is 4.79 Å². The second-order valence-corrected chi connectivity index (χ2v) is 6.02. The minimum absolute atomic E-state index is 0.0529. The lowest BCUT2D eigenvalue weighted by atomic mass is 9.73. The van der Waals surface area contributed by atoms with E-state index in [0.29, 0.717) is 23.6 Å². The Hall–Kier alpha value is -1.97. The van der Waals surface area contributed by atoms with Gasteiger partial charge in [-0.3, -0.25) is 4.79 Å². The van der Waals surface area contributed by atoms with Crippen LogP contribution in [0.2, 0.25) is 0 Å². The van der Waals surface area contributed by atoms with E-state index in [1.165, 1.54) is 0 Å². The molecule has 102 valence electrons. The highest BCUT2D eigenvalue weighted by molar-refractivity contribution is 5.94. The average Bonchev–Trinajstić information content (AvgIpc) is 2.82. The number of aromatic nitrogens is 2. The van der Waals surface area contributed by atoms with Gasteiger partial charge in [-0.25, -0.2) is 9.97 Å². The number of aryl methyl sites for hydroxylation is 2. The lowest BCUT2D eigenvalue weighted by Gasteiger charge is -2.41. The number of hydrogen-bond donors (Lipinski definition) is 0. The van der Waals surface area contributed by atoms with E-state index in [4.69, 9.17) is 0 Å². The maximum absolute atomic E-state index is 12.6. The van der Waals surface area contributed by atoms with E-state index >= 15 is 0 Å². The fourth-order valence-corrected chi connectivity index (χ4v) is 3.75. The monoisotopic (exact) mass is 267 g/mol. The molecule has 20 heavy (non-hydrogen) atoms. The number of carbonyl (C=O) groups excluding carboxylic acids is 1. The van der Waals surface area contributed by atoms with E-state index in [1.54, 1.807) is 0 Å². The Balaban J connectivity index is 1.81. The molecule has 0 N–H and O–H groups in total. The SMILES string of the molecule is Cc1cc(C)nc(N2C=CC3C(=O)C2C2C=CC3C2)n1. The standard InChI is InChI=1S/C16H17N3O/c1-9-7-10(2)18-16(17-9)19-6-5-13-11-3-4-12(8-11)14(19)15(13)20/h3-7,11-14H,8H2,1-2H3. The van der Waals surface area contributed by atoms with Crippen molar-refractivity contribution in [1.82, 2.24) is 9.97 Å². The third kappa shape index (κ3) is 1.57. The number of anilines is 1. The fraction of sp³-hybridized carbons (Fsp3) is 0.438. The van der Waals surface area contributed by atoms with Crippen LogP contribution in [0.3, 0.4) is 0 Å². The van der Waals surface area contributed by atoms with Gasteiger partial charge >= 0.3 is 0 Å². The zero-order chi connectivity index (χ0) is 13.9. The van der Waals surface area contributed by atoms with Crippen LogP contribution in [0.15, 0.2) is 30.5 Å². The van der Waals surface area contributed by atoms with E-state index in [0.717, 1.165) is 17.8 Å². The molecule has 0 radical (unpaired) electrons. The summed E-state index contributed by atoms with van der Waals surface area (Å²) in [5, 5.41) is 0. The number of Topliss-reactive ketones (excluding diaryl/α,β-unsaturated/α-hetero) is 1. The summed E-state index contributed by atoms with van der Waals surface area (Å²) in [6.45, 7) is 3.92. The van der Waals surface area contributed by atoms with Gasteiger partial charge in [0.15, 0.2) is 5.78 Å². The van der Waals surface area contributed by atoms with Crippen LogP contribution in [-0.4, -0.2) is 21.8 Å². The fourth-order valence-electron chi connectivity index (χ4n) is 3.75. The Bertz CT molecular complexity index is 629. The zero-order valence-electron chi connectivity index (χ0n) is 11.7. The van der Waals surface area contributed by atoms with E-state index in [-0.39, 0.29) is 12.0 Å². The smallest absolute Gasteiger partial charge is 0.230 e. The molecule has 1 saturated carbocycles. The summed E-state index contributed by atoms with van der Waals surface area (Å²) in [6.07, 6.45) is 9.53. The van der Waals surface area contributed by atoms with Crippen molar-refractivity contribution < 1.29 is 4.79 Å². The molecular formula is C16H17N3O. The number of nitrogens with zero attached hydrogens (tertiary/aromatic N) is 3. The molecule has 3 aliphatic rings. The van der Waals surface area contributed by atoms with Crippen LogP contribution in [0.5, 0.6) is 0 Å². The molecule has 4 bridgehead atoms. The van der Waals surface area contributed by atoms with E-state index < -0.39 is 0 Å². The van der Waals surface area contributed by atoms with Crippen molar-refractivity contribution in [3.8, 4) is 0 Å². The molecule has 4 atom stereocenters. The Morgan fingerprint density at radius 3 is 2.55 bits per heavy atom. The van der Waals surface area contributed by atoms with Gasteiger partial charge in [0.25, 0.3) is 0 Å². The maximum atomic E-state index is 12.6. The molecule has 2 aliphatic carbocycles. The molecule has 1 fully saturated rings. The Labute approximate surface area is 118 Å². The van der Waals surface area contributed by atoms with Crippen LogP contribution >= 0.6 is 0 Å². The highest BCUT2D eigenvalue weighted by Gasteiger charge is 2.48. The average molecular weight is 267 g/mol. The van der Waals surface area contributed by atoms with Gasteiger partial charge in [-0.2, -0.15) is 0 Å². The topological polar surface area (TPSA) is 46.1 Å². The van der Waals surface area contributed by atoms with Gasteiger partial charge in [0.1, 0.15) is 6.04 Å². The maximum Gasteiger partial charge on any atom is 0.230 e. The molecule has 0 spiro atoms. The summed E-state index contributed by atoms with van der Waals surface area (Å²) in [6, 6.07) is 1.83. The largest absolute Gasteiger partial charge is 0.306 e. The quantitative estimate of drug-likeness (QED) is 0.732. The van der Waals surface area contributed by atoms with E-state index in [9.17, 15) is 4.79 Å². The van der Waals surface area contributed by atoms with Crippen molar-refractivity contribution in [3.63, 3.8) is 0 Å². The first-order valence-corrected chi connectivity index (χ1v) is 7.14. The van der Waals surface area contributed by atoms with Crippen molar-refractivity contribution in [2.45, 2.75) is 26.3 Å². The highest BCUT2D eigenvalue weighted by atomic mass is 16.1. The summed E-state index contributed by atoms with van der Waals surface area (Å²) in [5.41, 5.74) is 1.87. The van der Waals surface area contributed by atoms with Crippen LogP contribution in [0.25, 0.3) is 0 Å². The first-order chi connectivity index (χ1) is 9.63. The van der Waals surface area contributed by atoms with Gasteiger partial charge in [0.05, 0.1) is 0 Å². The molecule has 0 amide bonds. The van der Waals surface area contributed by atoms with Gasteiger partial charge in [0.2, 0.25) is 5.95 Å². The van der Waals surface area contributed by atoms with Gasteiger partial charge < -0.3 is 4.90 Å². The Kier molecular flexibility index (Phi) is 2.37. The molecule has 1 aromatic rings. The van der Waals surface area contributed by atoms with E-state index in [1.807, 2.05) is 37.1 Å². The molecule has 4 nitrogen and oxygen atoms in total. The zero-order valence-corrected chi connectivity index (χ0v) is 11.7. The van der Waals surface area contributed by atoms with Crippen molar-refractivity contribution in [2.24, 2.45) is 17.8 Å². The third-order valence-corrected chi connectivity index (χ3v) is 4.59. The number of allylic oxidation sites excluding steroid dienone is 2. The van der Waals surface area contributed by atoms with Crippen molar-refractivity contribution >= 4 is 11.7 Å². The molecule has 4 heteroatoms. The number of ketones is 1. The van der Waals surface area contributed by atoms with E-state index in [2.05, 4.69) is 22.1 Å². The summed E-state index contributed by atoms with van der Waals surface area (Å²) in [7, 11) is 0. The minimum Gasteiger partial charge on any atom is -0.306 e. The second kappa shape index (κ2) is 4.01. The second-order valence-electron chi connectivity index (χ2n) is 6.02. The van der Waals surface area contributed by atoms with Crippen LogP contribution in [0, 0.1) is 31.6 Å². The van der Waals surface area contributed by atoms with Gasteiger partial charge in [0, 0.05) is 29.4 Å². The minimum atomic E-state index is -0.124. The molecule has 1 aromatic heterocycles. The van der Waals surface area contributed by atoms with Gasteiger partial charge in [-0.1, -0.05) is 18.2 Å². The first-order valence-electron chi connectivity index (χ1n) is 7.14. The number of rotatable bonds is 1. The molecule has 4 rings (SSSR count). The Morgan fingerprint density at radius 2 is 1.80 bits per heavy atom. The number of hydrogen-bond acceptors (Lipinski definition) is 4. The first kappa shape index (κ1) is 11.8. The number of fused-ring (bicyclic) bond motifs is 6. The third-order valence-electron chi connectivity index (χ3n) is 4.59. The summed E-state index contributed by atoms with van der Waals surface area (Å²) < 4.78 is 0. The van der Waals surface area contributed by atoms with Gasteiger partial charge in [-0.15, -0.1) is 0 Å². The van der Waals surface area contributed by atoms with Crippen molar-refractivity contribution in [1.29, 1.82) is 0 Å². The predicted octanol–water partition coefficient (Wildman–Crippen LogP) is 2.19. The normalized spacial score (nSPS) is 33.9. The predicted molar refractivity (Wildman–Crippen MR) is 76.1 cm³/mol. The lowest BCUT2D eigenvalue weighted by molar-refractivity contribution is -0.126. The molecule has 4 unspecified atom stereocenters. The molecule has 0 saturated heterocycles. The Morgan fingerprint density at radius 1 is 1.10 bits per heavy atom. The molecule has 1 aliphatic heterocycles. The van der Waals surface area contributed by atoms with Crippen LogP contribution in [0.4, 0.5) is 5.95 Å². The lowest BCUT2D eigenvalue weighted by Crippen LogP contribution is -2.52. The number of carbonyl (C=O) groups is 1. The summed E-state index contributed by atoms with van der Waals surface area (Å²) >= 11 is 0. The molecule has 0 aromatic carbocycles. The summed E-state index contributed by atoms with van der Waals surface area (Å²) in [4.78, 5) is 23.6. The van der Waals surface area contributed by atoms with Crippen LogP contribution < -0.4 is 4.90 Å². The van der Waals surface area contributed by atoms with Crippen molar-refractivity contribution in [2.75, 3.05) is 4.90 Å².